The molecule has 0 spiro atoms. The van der Waals surface area contributed by atoms with Gasteiger partial charge in [0.2, 0.25) is 0 Å². The summed E-state index contributed by atoms with van der Waals surface area (Å²) < 4.78 is 34.0. The zero-order valence-corrected chi connectivity index (χ0v) is 15.4. The molecular formula is C21H26F2N2O. The minimum atomic E-state index is -1.11. The molecule has 2 aliphatic heterocycles. The van der Waals surface area contributed by atoms with Gasteiger partial charge in [-0.25, -0.2) is 8.78 Å². The Kier molecular flexibility index (Phi) is 4.74. The standard InChI is InChI=1S/C21H26F2N2O/c1-13-10-24-6-5-15-8-21-20(9-18(13)15)25(14(2)12-26-21)11-16-7-17(22)3-4-19(16)23/h3,7-9,13-14,19,24H,4-6,10-12H2,1-2H3/t13-,14-,19?/m1/s1. The molecule has 3 aliphatic rings. The fourth-order valence-corrected chi connectivity index (χ4v) is 4.11. The maximum absolute atomic E-state index is 14.3. The summed E-state index contributed by atoms with van der Waals surface area (Å²) in [5.41, 5.74) is 4.16. The number of alkyl halides is 1. The third kappa shape index (κ3) is 3.25. The number of hydrogen-bond donors (Lipinski definition) is 1. The Hall–Kier alpha value is -1.88. The van der Waals surface area contributed by atoms with Crippen LogP contribution in [0.5, 0.6) is 5.75 Å². The number of ether oxygens (including phenoxy) is 1. The van der Waals surface area contributed by atoms with Gasteiger partial charge < -0.3 is 15.0 Å². The SMILES string of the molecule is C[C@@H]1CNCCc2cc3c(cc21)N(CC1=CC(F)=CCC1F)[C@H](C)CO3. The minimum absolute atomic E-state index is 0.113. The molecule has 5 heteroatoms. The maximum Gasteiger partial charge on any atom is 0.143 e. The van der Waals surface area contributed by atoms with E-state index in [9.17, 15) is 8.78 Å². The Morgan fingerprint density at radius 1 is 1.31 bits per heavy atom. The van der Waals surface area contributed by atoms with E-state index in [-0.39, 0.29) is 18.3 Å². The Bertz CT molecular complexity index is 759. The predicted molar refractivity (Wildman–Crippen MR) is 101 cm³/mol. The first-order valence-corrected chi connectivity index (χ1v) is 9.50. The van der Waals surface area contributed by atoms with Gasteiger partial charge in [-0.1, -0.05) is 6.92 Å². The molecule has 0 saturated heterocycles. The van der Waals surface area contributed by atoms with Crippen molar-refractivity contribution in [2.45, 2.75) is 44.8 Å². The van der Waals surface area contributed by atoms with Gasteiger partial charge in [-0.2, -0.15) is 0 Å². The largest absolute Gasteiger partial charge is 0.489 e. The molecule has 3 atom stereocenters. The molecule has 0 aromatic heterocycles. The number of fused-ring (bicyclic) bond motifs is 2. The van der Waals surface area contributed by atoms with Crippen molar-refractivity contribution in [1.82, 2.24) is 5.32 Å². The lowest BCUT2D eigenvalue weighted by atomic mass is 9.93. The van der Waals surface area contributed by atoms with E-state index in [2.05, 4.69) is 36.2 Å². The molecule has 0 saturated carbocycles. The van der Waals surface area contributed by atoms with Crippen LogP contribution in [-0.4, -0.2) is 38.5 Å². The second-order valence-electron chi connectivity index (χ2n) is 7.67. The normalized spacial score (nSPS) is 28.3. The van der Waals surface area contributed by atoms with Gasteiger partial charge in [-0.15, -0.1) is 0 Å². The second kappa shape index (κ2) is 7.03. The Morgan fingerprint density at radius 2 is 2.15 bits per heavy atom. The van der Waals surface area contributed by atoms with Crippen LogP contribution in [0.1, 0.15) is 37.3 Å². The second-order valence-corrected chi connectivity index (χ2v) is 7.67. The summed E-state index contributed by atoms with van der Waals surface area (Å²) in [6.07, 6.45) is 2.66. The summed E-state index contributed by atoms with van der Waals surface area (Å²) in [6.45, 7) is 7.17. The molecule has 0 radical (unpaired) electrons. The van der Waals surface area contributed by atoms with Crippen LogP contribution in [0.25, 0.3) is 0 Å². The molecule has 4 rings (SSSR count). The van der Waals surface area contributed by atoms with Crippen molar-refractivity contribution in [2.75, 3.05) is 31.1 Å². The molecular weight excluding hydrogens is 334 g/mol. The number of nitrogens with zero attached hydrogens (tertiary/aromatic N) is 1. The zero-order chi connectivity index (χ0) is 18.3. The lowest BCUT2D eigenvalue weighted by Crippen LogP contribution is -2.43. The molecule has 2 heterocycles. The van der Waals surface area contributed by atoms with Gasteiger partial charge in [0.1, 0.15) is 24.4 Å². The molecule has 0 fully saturated rings. The highest BCUT2D eigenvalue weighted by atomic mass is 19.1. The maximum atomic E-state index is 14.3. The lowest BCUT2D eigenvalue weighted by molar-refractivity contribution is 0.269. The van der Waals surface area contributed by atoms with Gasteiger partial charge in [0.05, 0.1) is 11.7 Å². The van der Waals surface area contributed by atoms with Crippen LogP contribution in [0.3, 0.4) is 0 Å². The minimum Gasteiger partial charge on any atom is -0.489 e. The van der Waals surface area contributed by atoms with Crippen molar-refractivity contribution in [2.24, 2.45) is 0 Å². The summed E-state index contributed by atoms with van der Waals surface area (Å²) in [5.74, 6) is 0.940. The highest BCUT2D eigenvalue weighted by Crippen LogP contribution is 2.40. The van der Waals surface area contributed by atoms with Crippen LogP contribution in [0.2, 0.25) is 0 Å². The fraction of sp³-hybridized carbons (Fsp3) is 0.524. The van der Waals surface area contributed by atoms with E-state index in [0.29, 0.717) is 24.6 Å². The third-order valence-corrected chi connectivity index (χ3v) is 5.69. The first kappa shape index (κ1) is 17.5. The Morgan fingerprint density at radius 3 is 3.00 bits per heavy atom. The number of hydrogen-bond acceptors (Lipinski definition) is 3. The van der Waals surface area contributed by atoms with E-state index in [1.54, 1.807) is 0 Å². The van der Waals surface area contributed by atoms with Crippen LogP contribution in [0.4, 0.5) is 14.5 Å². The number of halogens is 2. The zero-order valence-electron chi connectivity index (χ0n) is 15.4. The van der Waals surface area contributed by atoms with Gasteiger partial charge >= 0.3 is 0 Å². The third-order valence-electron chi connectivity index (χ3n) is 5.69. The highest BCUT2D eigenvalue weighted by Gasteiger charge is 2.30. The molecule has 1 N–H and O–H groups in total. The lowest BCUT2D eigenvalue weighted by Gasteiger charge is -2.39. The molecule has 3 nitrogen and oxygen atoms in total. The fourth-order valence-electron chi connectivity index (χ4n) is 4.11. The topological polar surface area (TPSA) is 24.5 Å². The Balaban J connectivity index is 1.70. The van der Waals surface area contributed by atoms with Crippen LogP contribution in [0.15, 0.2) is 35.7 Å². The van der Waals surface area contributed by atoms with E-state index in [0.717, 1.165) is 30.9 Å². The van der Waals surface area contributed by atoms with Crippen molar-refractivity contribution < 1.29 is 13.5 Å². The van der Waals surface area contributed by atoms with E-state index >= 15 is 0 Å². The first-order chi connectivity index (χ1) is 12.5. The number of nitrogens with one attached hydrogen (secondary N) is 1. The summed E-state index contributed by atoms with van der Waals surface area (Å²) >= 11 is 0. The summed E-state index contributed by atoms with van der Waals surface area (Å²) in [4.78, 5) is 2.17. The van der Waals surface area contributed by atoms with Crippen molar-refractivity contribution in [3.63, 3.8) is 0 Å². The molecule has 26 heavy (non-hydrogen) atoms. The van der Waals surface area contributed by atoms with Crippen LogP contribution < -0.4 is 15.0 Å². The number of anilines is 1. The molecule has 1 aromatic carbocycles. The summed E-state index contributed by atoms with van der Waals surface area (Å²) in [7, 11) is 0. The molecule has 0 bridgehead atoms. The molecule has 1 unspecified atom stereocenters. The monoisotopic (exact) mass is 360 g/mol. The van der Waals surface area contributed by atoms with Crippen LogP contribution >= 0.6 is 0 Å². The van der Waals surface area contributed by atoms with Gasteiger partial charge in [0.25, 0.3) is 0 Å². The van der Waals surface area contributed by atoms with Crippen molar-refractivity contribution >= 4 is 5.69 Å². The molecule has 0 amide bonds. The van der Waals surface area contributed by atoms with Gasteiger partial charge in [-0.3, -0.25) is 0 Å². The highest BCUT2D eigenvalue weighted by molar-refractivity contribution is 5.65. The summed E-state index contributed by atoms with van der Waals surface area (Å²) in [5, 5.41) is 3.47. The van der Waals surface area contributed by atoms with Crippen molar-refractivity contribution in [3.05, 3.63) is 46.8 Å². The molecule has 140 valence electrons. The van der Waals surface area contributed by atoms with Crippen molar-refractivity contribution in [1.29, 1.82) is 0 Å². The van der Waals surface area contributed by atoms with E-state index in [1.807, 2.05) is 0 Å². The smallest absolute Gasteiger partial charge is 0.143 e. The molecule has 1 aliphatic carbocycles. The van der Waals surface area contributed by atoms with Gasteiger partial charge in [0.15, 0.2) is 0 Å². The van der Waals surface area contributed by atoms with Crippen molar-refractivity contribution in [3.8, 4) is 5.75 Å². The van der Waals surface area contributed by atoms with Crippen LogP contribution in [0, 0.1) is 0 Å². The molecule has 1 aromatic rings. The number of allylic oxidation sites excluding steroid dienone is 3. The van der Waals surface area contributed by atoms with Gasteiger partial charge in [-0.05, 0) is 66.8 Å². The average Bonchev–Trinajstić information content (AvgIpc) is 2.80. The van der Waals surface area contributed by atoms with E-state index in [4.69, 9.17) is 4.74 Å². The number of benzene rings is 1. The number of rotatable bonds is 2. The summed E-state index contributed by atoms with van der Waals surface area (Å²) in [6, 6.07) is 4.47. The van der Waals surface area contributed by atoms with E-state index in [1.165, 1.54) is 23.3 Å². The Labute approximate surface area is 153 Å². The average molecular weight is 360 g/mol. The van der Waals surface area contributed by atoms with Crippen LogP contribution in [-0.2, 0) is 6.42 Å². The predicted octanol–water partition coefficient (Wildman–Crippen LogP) is 4.04. The van der Waals surface area contributed by atoms with E-state index < -0.39 is 6.17 Å². The quantitative estimate of drug-likeness (QED) is 0.861. The first-order valence-electron chi connectivity index (χ1n) is 9.50. The van der Waals surface area contributed by atoms with Gasteiger partial charge in [0, 0.05) is 19.5 Å².